The van der Waals surface area contributed by atoms with Crippen LogP contribution in [-0.4, -0.2) is 19.6 Å². The van der Waals surface area contributed by atoms with Gasteiger partial charge in [-0.1, -0.05) is 6.58 Å². The fraction of sp³-hybridized carbons (Fsp3) is 0.429. The number of nitrogens with one attached hydrogen (secondary N) is 1. The molecule has 5 nitrogen and oxygen atoms in total. The van der Waals surface area contributed by atoms with Crippen molar-refractivity contribution in [2.45, 2.75) is 40.4 Å². The maximum Gasteiger partial charge on any atom is 0.0641 e. The SMILES string of the molecule is C=Cn1nccc1CNCc1c(C)nn(CC)c1C. The quantitative estimate of drug-likeness (QED) is 0.864. The largest absolute Gasteiger partial charge is 0.307 e. The van der Waals surface area contributed by atoms with E-state index in [4.69, 9.17) is 0 Å². The molecule has 2 aromatic heterocycles. The summed E-state index contributed by atoms with van der Waals surface area (Å²) in [4.78, 5) is 0. The normalized spacial score (nSPS) is 10.9. The molecule has 2 rings (SSSR count). The summed E-state index contributed by atoms with van der Waals surface area (Å²) in [6.45, 7) is 12.5. The smallest absolute Gasteiger partial charge is 0.0641 e. The van der Waals surface area contributed by atoms with Gasteiger partial charge in [-0.05, 0) is 26.8 Å². The van der Waals surface area contributed by atoms with Crippen LogP contribution in [0.1, 0.15) is 29.6 Å². The zero-order valence-corrected chi connectivity index (χ0v) is 11.8. The topological polar surface area (TPSA) is 47.7 Å². The Balaban J connectivity index is 2.00. The van der Waals surface area contributed by atoms with Gasteiger partial charge in [0.05, 0.1) is 11.4 Å². The van der Waals surface area contributed by atoms with Crippen molar-refractivity contribution >= 4 is 6.20 Å². The Kier molecular flexibility index (Phi) is 4.16. The third-order valence-electron chi connectivity index (χ3n) is 3.36. The summed E-state index contributed by atoms with van der Waals surface area (Å²) in [5, 5.41) is 12.1. The van der Waals surface area contributed by atoms with Gasteiger partial charge in [-0.2, -0.15) is 10.2 Å². The lowest BCUT2D eigenvalue weighted by Gasteiger charge is -2.06. The first-order valence-electron chi connectivity index (χ1n) is 6.56. The van der Waals surface area contributed by atoms with Crippen molar-refractivity contribution < 1.29 is 0 Å². The number of hydrogen-bond acceptors (Lipinski definition) is 3. The number of aryl methyl sites for hydroxylation is 2. The lowest BCUT2D eigenvalue weighted by Crippen LogP contribution is -2.16. The maximum absolute atomic E-state index is 4.52. The second-order valence-corrected chi connectivity index (χ2v) is 4.52. The molecule has 19 heavy (non-hydrogen) atoms. The summed E-state index contributed by atoms with van der Waals surface area (Å²) < 4.78 is 3.82. The van der Waals surface area contributed by atoms with Crippen molar-refractivity contribution in [3.05, 3.63) is 41.5 Å². The van der Waals surface area contributed by atoms with Gasteiger partial charge in [0, 0.05) is 43.3 Å². The van der Waals surface area contributed by atoms with Crippen LogP contribution in [0.2, 0.25) is 0 Å². The molecule has 0 aromatic carbocycles. The third-order valence-corrected chi connectivity index (χ3v) is 3.36. The summed E-state index contributed by atoms with van der Waals surface area (Å²) in [5.74, 6) is 0. The van der Waals surface area contributed by atoms with Crippen LogP contribution in [0.25, 0.3) is 6.20 Å². The third kappa shape index (κ3) is 2.76. The fourth-order valence-corrected chi connectivity index (χ4v) is 2.26. The average molecular weight is 259 g/mol. The van der Waals surface area contributed by atoms with E-state index in [0.717, 1.165) is 31.0 Å². The summed E-state index contributed by atoms with van der Waals surface area (Å²) in [7, 11) is 0. The van der Waals surface area contributed by atoms with Gasteiger partial charge in [0.15, 0.2) is 0 Å². The Morgan fingerprint density at radius 2 is 2.16 bits per heavy atom. The molecule has 0 bridgehead atoms. The van der Waals surface area contributed by atoms with Crippen LogP contribution in [0, 0.1) is 13.8 Å². The van der Waals surface area contributed by atoms with Crippen molar-refractivity contribution in [3.63, 3.8) is 0 Å². The molecular formula is C14H21N5. The molecule has 1 N–H and O–H groups in total. The summed E-state index contributed by atoms with van der Waals surface area (Å²) in [6, 6.07) is 1.99. The van der Waals surface area contributed by atoms with Gasteiger partial charge in [0.25, 0.3) is 0 Å². The summed E-state index contributed by atoms with van der Waals surface area (Å²) in [6.07, 6.45) is 3.49. The van der Waals surface area contributed by atoms with E-state index < -0.39 is 0 Å². The first-order valence-corrected chi connectivity index (χ1v) is 6.56. The Morgan fingerprint density at radius 1 is 1.37 bits per heavy atom. The van der Waals surface area contributed by atoms with Gasteiger partial charge in [-0.25, -0.2) is 4.68 Å². The van der Waals surface area contributed by atoms with Crippen molar-refractivity contribution in [1.82, 2.24) is 24.9 Å². The molecule has 0 aliphatic heterocycles. The number of hydrogen-bond donors (Lipinski definition) is 1. The van der Waals surface area contributed by atoms with Gasteiger partial charge in [-0.15, -0.1) is 0 Å². The molecule has 0 saturated heterocycles. The molecular weight excluding hydrogens is 238 g/mol. The van der Waals surface area contributed by atoms with E-state index >= 15 is 0 Å². The highest BCUT2D eigenvalue weighted by Gasteiger charge is 2.10. The fourth-order valence-electron chi connectivity index (χ4n) is 2.26. The Hall–Kier alpha value is -1.88. The zero-order chi connectivity index (χ0) is 13.8. The van der Waals surface area contributed by atoms with Crippen LogP contribution in [0.15, 0.2) is 18.8 Å². The minimum Gasteiger partial charge on any atom is -0.307 e. The van der Waals surface area contributed by atoms with Crippen molar-refractivity contribution in [2.24, 2.45) is 0 Å². The molecule has 0 aliphatic rings. The van der Waals surface area contributed by atoms with Crippen LogP contribution >= 0.6 is 0 Å². The van der Waals surface area contributed by atoms with Crippen LogP contribution in [-0.2, 0) is 19.6 Å². The van der Waals surface area contributed by atoms with Gasteiger partial charge in [0.1, 0.15) is 0 Å². The number of rotatable bonds is 6. The van der Waals surface area contributed by atoms with Crippen molar-refractivity contribution in [1.29, 1.82) is 0 Å². The summed E-state index contributed by atoms with van der Waals surface area (Å²) in [5.41, 5.74) is 4.73. The number of nitrogens with zero attached hydrogens (tertiary/aromatic N) is 4. The predicted molar refractivity (Wildman–Crippen MR) is 76.5 cm³/mol. The average Bonchev–Trinajstić information content (AvgIpc) is 2.96. The monoisotopic (exact) mass is 259 g/mol. The van der Waals surface area contributed by atoms with Crippen molar-refractivity contribution in [2.75, 3.05) is 0 Å². The van der Waals surface area contributed by atoms with E-state index in [0.29, 0.717) is 0 Å². The standard InChI is InChI=1S/C14H21N5/c1-5-18-12(4)14(11(3)17-18)10-15-9-13-7-8-16-19(13)6-2/h6-8,15H,2,5,9-10H2,1,3-4H3. The molecule has 2 aromatic rings. The molecule has 0 saturated carbocycles. The van der Waals surface area contributed by atoms with E-state index in [9.17, 15) is 0 Å². The van der Waals surface area contributed by atoms with E-state index in [-0.39, 0.29) is 0 Å². The highest BCUT2D eigenvalue weighted by molar-refractivity contribution is 5.24. The zero-order valence-electron chi connectivity index (χ0n) is 11.8. The van der Waals surface area contributed by atoms with Crippen LogP contribution in [0.5, 0.6) is 0 Å². The molecule has 0 radical (unpaired) electrons. The Morgan fingerprint density at radius 3 is 2.79 bits per heavy atom. The van der Waals surface area contributed by atoms with E-state index in [2.05, 4.69) is 42.9 Å². The van der Waals surface area contributed by atoms with E-state index in [1.165, 1.54) is 11.3 Å². The molecule has 2 heterocycles. The minimum atomic E-state index is 0.766. The van der Waals surface area contributed by atoms with Crippen LogP contribution < -0.4 is 5.32 Å². The van der Waals surface area contributed by atoms with E-state index in [1.54, 1.807) is 17.1 Å². The molecule has 0 spiro atoms. The minimum absolute atomic E-state index is 0.766. The molecule has 0 aliphatic carbocycles. The molecule has 5 heteroatoms. The van der Waals surface area contributed by atoms with Gasteiger partial charge < -0.3 is 5.32 Å². The van der Waals surface area contributed by atoms with Gasteiger partial charge in [-0.3, -0.25) is 4.68 Å². The molecule has 0 fully saturated rings. The number of aromatic nitrogens is 4. The lowest BCUT2D eigenvalue weighted by atomic mass is 10.2. The van der Waals surface area contributed by atoms with Gasteiger partial charge in [0.2, 0.25) is 0 Å². The second kappa shape index (κ2) is 5.84. The first kappa shape index (κ1) is 13.5. The van der Waals surface area contributed by atoms with Crippen LogP contribution in [0.4, 0.5) is 0 Å². The highest BCUT2D eigenvalue weighted by Crippen LogP contribution is 2.12. The Bertz CT molecular complexity index is 564. The highest BCUT2D eigenvalue weighted by atomic mass is 15.3. The summed E-state index contributed by atoms with van der Waals surface area (Å²) >= 11 is 0. The van der Waals surface area contributed by atoms with Crippen molar-refractivity contribution in [3.8, 4) is 0 Å². The molecule has 0 unspecified atom stereocenters. The van der Waals surface area contributed by atoms with Crippen LogP contribution in [0.3, 0.4) is 0 Å². The first-order chi connectivity index (χ1) is 9.17. The molecule has 0 amide bonds. The lowest BCUT2D eigenvalue weighted by molar-refractivity contribution is 0.628. The molecule has 0 atom stereocenters. The molecule has 102 valence electrons. The predicted octanol–water partition coefficient (Wildman–Crippen LogP) is 2.11. The van der Waals surface area contributed by atoms with E-state index in [1.807, 2.05) is 10.7 Å². The van der Waals surface area contributed by atoms with Gasteiger partial charge >= 0.3 is 0 Å². The second-order valence-electron chi connectivity index (χ2n) is 4.52. The maximum atomic E-state index is 4.52. The Labute approximate surface area is 113 Å².